The molecule has 0 bridgehead atoms. The first-order valence-electron chi connectivity index (χ1n) is 4.34. The van der Waals surface area contributed by atoms with E-state index in [0.29, 0.717) is 12.0 Å². The summed E-state index contributed by atoms with van der Waals surface area (Å²) >= 11 is 0. The van der Waals surface area contributed by atoms with Gasteiger partial charge in [0.25, 0.3) is 10.1 Å². The lowest BCUT2D eigenvalue weighted by molar-refractivity contribution is 0.475. The summed E-state index contributed by atoms with van der Waals surface area (Å²) in [6.07, 6.45) is 1.75. The summed E-state index contributed by atoms with van der Waals surface area (Å²) in [5.74, 6) is 0.363. The van der Waals surface area contributed by atoms with Crippen molar-refractivity contribution in [3.63, 3.8) is 0 Å². The van der Waals surface area contributed by atoms with E-state index >= 15 is 0 Å². The van der Waals surface area contributed by atoms with Crippen molar-refractivity contribution in [2.24, 2.45) is 0 Å². The fourth-order valence-corrected chi connectivity index (χ4v) is 1.29. The van der Waals surface area contributed by atoms with Crippen LogP contribution >= 0.6 is 0 Å². The maximum absolute atomic E-state index is 9.19. The van der Waals surface area contributed by atoms with Gasteiger partial charge in [-0.1, -0.05) is 0 Å². The van der Waals surface area contributed by atoms with Crippen LogP contribution in [0.3, 0.4) is 0 Å². The molecule has 0 amide bonds. The van der Waals surface area contributed by atoms with Crippen LogP contribution in [0.1, 0.15) is 5.56 Å². The standard InChI is InChI=1S/C8H9NO.CH4O3S/c10-7-1-2-8-6(5-7)3-4-9-8;1-5(2,3)4/h1-2,5,9-10H,3-4H2;1H3,(H,2,3,4). The first kappa shape index (κ1) is 11.8. The molecule has 15 heavy (non-hydrogen) atoms. The molecule has 84 valence electrons. The van der Waals surface area contributed by atoms with Gasteiger partial charge in [-0.3, -0.25) is 4.55 Å². The number of nitrogens with one attached hydrogen (secondary N) is 1. The molecule has 5 nitrogen and oxygen atoms in total. The zero-order valence-corrected chi connectivity index (χ0v) is 9.08. The topological polar surface area (TPSA) is 86.6 Å². The molecule has 1 aliphatic heterocycles. The fraction of sp³-hybridized carbons (Fsp3) is 0.333. The Balaban J connectivity index is 0.000000195. The van der Waals surface area contributed by atoms with Gasteiger partial charge in [-0.25, -0.2) is 0 Å². The minimum absolute atomic E-state index is 0.363. The zero-order chi connectivity index (χ0) is 11.5. The Bertz CT molecular complexity index is 433. The van der Waals surface area contributed by atoms with Crippen LogP contribution in [0.5, 0.6) is 5.75 Å². The first-order valence-corrected chi connectivity index (χ1v) is 6.19. The van der Waals surface area contributed by atoms with Gasteiger partial charge in [-0.05, 0) is 30.2 Å². The van der Waals surface area contributed by atoms with Crippen LogP contribution < -0.4 is 5.32 Å². The van der Waals surface area contributed by atoms with E-state index in [4.69, 9.17) is 9.66 Å². The van der Waals surface area contributed by atoms with Crippen molar-refractivity contribution in [3.8, 4) is 5.75 Å². The van der Waals surface area contributed by atoms with Gasteiger partial charge in [-0.15, -0.1) is 0 Å². The summed E-state index contributed by atoms with van der Waals surface area (Å²) < 4.78 is 25.9. The van der Waals surface area contributed by atoms with E-state index in [0.717, 1.165) is 18.7 Å². The maximum atomic E-state index is 9.19. The van der Waals surface area contributed by atoms with E-state index in [2.05, 4.69) is 5.32 Å². The minimum atomic E-state index is -3.67. The monoisotopic (exact) mass is 231 g/mol. The lowest BCUT2D eigenvalue weighted by Crippen LogP contribution is -1.90. The van der Waals surface area contributed by atoms with Crippen molar-refractivity contribution in [3.05, 3.63) is 23.8 Å². The Morgan fingerprint density at radius 1 is 1.40 bits per heavy atom. The number of hydrogen-bond acceptors (Lipinski definition) is 4. The molecule has 0 unspecified atom stereocenters. The molecule has 3 N–H and O–H groups in total. The molecule has 1 aliphatic rings. The highest BCUT2D eigenvalue weighted by Gasteiger charge is 2.08. The van der Waals surface area contributed by atoms with Gasteiger partial charge in [0.2, 0.25) is 0 Å². The predicted octanol–water partition coefficient (Wildman–Crippen LogP) is 0.864. The van der Waals surface area contributed by atoms with E-state index in [9.17, 15) is 8.42 Å². The molecule has 0 atom stereocenters. The van der Waals surface area contributed by atoms with Gasteiger partial charge < -0.3 is 10.4 Å². The molecule has 1 heterocycles. The maximum Gasteiger partial charge on any atom is 0.261 e. The third kappa shape index (κ3) is 4.66. The van der Waals surface area contributed by atoms with Crippen molar-refractivity contribution >= 4 is 15.8 Å². The number of aromatic hydroxyl groups is 1. The van der Waals surface area contributed by atoms with Crippen molar-refractivity contribution < 1.29 is 18.1 Å². The van der Waals surface area contributed by atoms with Gasteiger partial charge in [0, 0.05) is 12.2 Å². The Morgan fingerprint density at radius 3 is 2.60 bits per heavy atom. The molecule has 0 spiro atoms. The Morgan fingerprint density at radius 2 is 2.00 bits per heavy atom. The highest BCUT2D eigenvalue weighted by Crippen LogP contribution is 2.25. The molecule has 0 aromatic heterocycles. The number of hydrogen-bond donors (Lipinski definition) is 3. The lowest BCUT2D eigenvalue weighted by Gasteiger charge is -1.97. The van der Waals surface area contributed by atoms with E-state index in [1.807, 2.05) is 12.1 Å². The molecule has 6 heteroatoms. The third-order valence-electron chi connectivity index (χ3n) is 1.80. The lowest BCUT2D eigenvalue weighted by atomic mass is 10.1. The van der Waals surface area contributed by atoms with Crippen LogP contribution in [-0.2, 0) is 16.5 Å². The number of rotatable bonds is 0. The van der Waals surface area contributed by atoms with Crippen LogP contribution in [-0.4, -0.2) is 30.9 Å². The molecule has 1 aromatic carbocycles. The Hall–Kier alpha value is -1.27. The normalized spacial score (nSPS) is 13.5. The summed E-state index contributed by atoms with van der Waals surface area (Å²) in [7, 11) is -3.67. The van der Waals surface area contributed by atoms with Crippen molar-refractivity contribution in [1.82, 2.24) is 0 Å². The molecular weight excluding hydrogens is 218 g/mol. The van der Waals surface area contributed by atoms with Gasteiger partial charge in [-0.2, -0.15) is 8.42 Å². The Labute approximate surface area is 88.5 Å². The highest BCUT2D eigenvalue weighted by molar-refractivity contribution is 7.85. The fourth-order valence-electron chi connectivity index (χ4n) is 1.29. The predicted molar refractivity (Wildman–Crippen MR) is 57.8 cm³/mol. The number of fused-ring (bicyclic) bond motifs is 1. The van der Waals surface area contributed by atoms with Crippen molar-refractivity contribution in [1.29, 1.82) is 0 Å². The largest absolute Gasteiger partial charge is 0.508 e. The van der Waals surface area contributed by atoms with E-state index in [-0.39, 0.29) is 0 Å². The average molecular weight is 231 g/mol. The molecule has 0 aliphatic carbocycles. The van der Waals surface area contributed by atoms with Gasteiger partial charge in [0.15, 0.2) is 0 Å². The molecular formula is C9H13NO4S. The third-order valence-corrected chi connectivity index (χ3v) is 1.80. The number of benzene rings is 1. The summed E-state index contributed by atoms with van der Waals surface area (Å²) in [6, 6.07) is 5.43. The molecule has 0 saturated carbocycles. The average Bonchev–Trinajstić information content (AvgIpc) is 2.47. The van der Waals surface area contributed by atoms with E-state index in [1.54, 1.807) is 6.07 Å². The molecule has 0 radical (unpaired) electrons. The summed E-state index contributed by atoms with van der Waals surface area (Å²) in [4.78, 5) is 0. The molecule has 0 saturated heterocycles. The number of phenolic OH excluding ortho intramolecular Hbond substituents is 1. The van der Waals surface area contributed by atoms with Gasteiger partial charge in [0.05, 0.1) is 6.26 Å². The summed E-state index contributed by atoms with van der Waals surface area (Å²) in [5.41, 5.74) is 2.39. The van der Waals surface area contributed by atoms with Crippen LogP contribution in [0.2, 0.25) is 0 Å². The van der Waals surface area contributed by atoms with Crippen LogP contribution in [0.4, 0.5) is 5.69 Å². The number of phenols is 1. The van der Waals surface area contributed by atoms with E-state index < -0.39 is 10.1 Å². The smallest absolute Gasteiger partial charge is 0.261 e. The number of anilines is 1. The summed E-state index contributed by atoms with van der Waals surface area (Å²) in [6.45, 7) is 0.999. The van der Waals surface area contributed by atoms with Crippen LogP contribution in [0.15, 0.2) is 18.2 Å². The molecule has 2 rings (SSSR count). The second-order valence-electron chi connectivity index (χ2n) is 3.25. The minimum Gasteiger partial charge on any atom is -0.508 e. The SMILES string of the molecule is CS(=O)(=O)O.Oc1ccc2c(c1)CCN2. The van der Waals surface area contributed by atoms with Gasteiger partial charge >= 0.3 is 0 Å². The first-order chi connectivity index (χ1) is 6.86. The van der Waals surface area contributed by atoms with E-state index in [1.165, 1.54) is 5.56 Å². The van der Waals surface area contributed by atoms with Crippen LogP contribution in [0.25, 0.3) is 0 Å². The molecule has 1 aromatic rings. The Kier molecular flexibility index (Phi) is 3.54. The van der Waals surface area contributed by atoms with Crippen molar-refractivity contribution in [2.45, 2.75) is 6.42 Å². The second-order valence-corrected chi connectivity index (χ2v) is 4.72. The highest BCUT2D eigenvalue weighted by atomic mass is 32.2. The van der Waals surface area contributed by atoms with Crippen molar-refractivity contribution in [2.75, 3.05) is 18.1 Å². The second kappa shape index (κ2) is 4.50. The van der Waals surface area contributed by atoms with Crippen LogP contribution in [0, 0.1) is 0 Å². The zero-order valence-electron chi connectivity index (χ0n) is 8.27. The molecule has 0 fully saturated rings. The van der Waals surface area contributed by atoms with Gasteiger partial charge in [0.1, 0.15) is 5.75 Å². The quantitative estimate of drug-likeness (QED) is 0.455. The summed E-state index contributed by atoms with van der Waals surface area (Å²) in [5, 5.41) is 12.3.